The van der Waals surface area contributed by atoms with Gasteiger partial charge in [-0.1, -0.05) is 24.3 Å². The molecule has 4 nitrogen and oxygen atoms in total. The third kappa shape index (κ3) is 2.08. The summed E-state index contributed by atoms with van der Waals surface area (Å²) in [5.74, 6) is -0.108. The van der Waals surface area contributed by atoms with Crippen LogP contribution in [-0.4, -0.2) is 23.7 Å². The van der Waals surface area contributed by atoms with Gasteiger partial charge in [0.05, 0.1) is 12.1 Å². The number of carbonyl (C=O) groups is 1. The van der Waals surface area contributed by atoms with Crippen molar-refractivity contribution in [1.82, 2.24) is 5.32 Å². The Morgan fingerprint density at radius 3 is 3.00 bits per heavy atom. The van der Waals surface area contributed by atoms with Gasteiger partial charge in [-0.15, -0.1) is 0 Å². The number of fused-ring (bicyclic) bond motifs is 1. The number of nitrogens with one attached hydrogen (secondary N) is 1. The number of rotatable bonds is 3. The molecule has 1 aliphatic carbocycles. The second kappa shape index (κ2) is 4.63. The van der Waals surface area contributed by atoms with Crippen LogP contribution in [0, 0.1) is 0 Å². The van der Waals surface area contributed by atoms with Crippen molar-refractivity contribution in [3.05, 3.63) is 35.4 Å². The van der Waals surface area contributed by atoms with Crippen LogP contribution in [0.1, 0.15) is 23.6 Å². The van der Waals surface area contributed by atoms with Crippen molar-refractivity contribution in [2.24, 2.45) is 5.73 Å². The Bertz CT molecular complexity index is 392. The molecule has 0 heterocycles. The normalized spacial score (nSPS) is 22.9. The van der Waals surface area contributed by atoms with Gasteiger partial charge in [0.25, 0.3) is 0 Å². The van der Waals surface area contributed by atoms with E-state index < -0.39 is 6.10 Å². The highest BCUT2D eigenvalue weighted by Gasteiger charge is 2.31. The molecule has 1 amide bonds. The lowest BCUT2D eigenvalue weighted by atomic mass is 10.1. The van der Waals surface area contributed by atoms with E-state index in [1.165, 1.54) is 0 Å². The number of carbonyl (C=O) groups excluding carboxylic acids is 1. The van der Waals surface area contributed by atoms with Gasteiger partial charge in [-0.2, -0.15) is 0 Å². The number of aliphatic hydroxyl groups excluding tert-OH is 1. The average Bonchev–Trinajstić information content (AvgIpc) is 2.56. The molecular weight excluding hydrogens is 204 g/mol. The highest BCUT2D eigenvalue weighted by atomic mass is 16.3. The van der Waals surface area contributed by atoms with E-state index in [0.29, 0.717) is 19.4 Å². The minimum atomic E-state index is -0.529. The van der Waals surface area contributed by atoms with Crippen molar-refractivity contribution < 1.29 is 9.90 Å². The van der Waals surface area contributed by atoms with Crippen LogP contribution in [-0.2, 0) is 11.2 Å². The number of hydrogen-bond donors (Lipinski definition) is 3. The maximum absolute atomic E-state index is 11.5. The molecule has 2 atom stereocenters. The topological polar surface area (TPSA) is 75.4 Å². The highest BCUT2D eigenvalue weighted by Crippen LogP contribution is 2.31. The molecule has 0 saturated carbocycles. The minimum absolute atomic E-state index is 0.108. The summed E-state index contributed by atoms with van der Waals surface area (Å²) in [6.07, 6.45) is 0.369. The Kier molecular flexibility index (Phi) is 3.22. The number of benzene rings is 1. The van der Waals surface area contributed by atoms with Gasteiger partial charge >= 0.3 is 0 Å². The second-order valence-corrected chi connectivity index (χ2v) is 4.05. The van der Waals surface area contributed by atoms with Gasteiger partial charge in [0.2, 0.25) is 5.91 Å². The van der Waals surface area contributed by atoms with Gasteiger partial charge in [-0.3, -0.25) is 4.79 Å². The summed E-state index contributed by atoms with van der Waals surface area (Å²) in [6, 6.07) is 7.50. The van der Waals surface area contributed by atoms with Crippen LogP contribution in [0.4, 0.5) is 0 Å². The summed E-state index contributed by atoms with van der Waals surface area (Å²) < 4.78 is 0. The Hall–Kier alpha value is -1.39. The van der Waals surface area contributed by atoms with Gasteiger partial charge < -0.3 is 16.2 Å². The first-order chi connectivity index (χ1) is 7.72. The summed E-state index contributed by atoms with van der Waals surface area (Å²) in [4.78, 5) is 11.5. The molecule has 0 radical (unpaired) electrons. The average molecular weight is 220 g/mol. The summed E-state index contributed by atoms with van der Waals surface area (Å²) in [7, 11) is 0. The lowest BCUT2D eigenvalue weighted by molar-refractivity contribution is -0.122. The summed E-state index contributed by atoms with van der Waals surface area (Å²) in [5.41, 5.74) is 7.43. The van der Waals surface area contributed by atoms with E-state index in [1.54, 1.807) is 0 Å². The predicted octanol–water partition coefficient (Wildman–Crippen LogP) is 0.110. The minimum Gasteiger partial charge on any atom is -0.390 e. The monoisotopic (exact) mass is 220 g/mol. The van der Waals surface area contributed by atoms with Gasteiger partial charge in [0.15, 0.2) is 0 Å². The molecule has 2 rings (SSSR count). The molecule has 0 fully saturated rings. The van der Waals surface area contributed by atoms with Gasteiger partial charge in [0.1, 0.15) is 0 Å². The van der Waals surface area contributed by atoms with Gasteiger partial charge in [0, 0.05) is 19.4 Å². The van der Waals surface area contributed by atoms with Crippen molar-refractivity contribution in [3.8, 4) is 0 Å². The van der Waals surface area contributed by atoms with E-state index in [1.807, 2.05) is 24.3 Å². The van der Waals surface area contributed by atoms with Crippen molar-refractivity contribution >= 4 is 5.91 Å². The molecule has 86 valence electrons. The Morgan fingerprint density at radius 2 is 2.25 bits per heavy atom. The molecule has 4 heteroatoms. The Morgan fingerprint density at radius 1 is 1.50 bits per heavy atom. The molecule has 0 unspecified atom stereocenters. The smallest absolute Gasteiger partial charge is 0.221 e. The fraction of sp³-hybridized carbons (Fsp3) is 0.417. The first kappa shape index (κ1) is 11.1. The molecular formula is C12H16N2O2. The Labute approximate surface area is 94.5 Å². The van der Waals surface area contributed by atoms with Crippen LogP contribution in [0.2, 0.25) is 0 Å². The highest BCUT2D eigenvalue weighted by molar-refractivity contribution is 5.77. The van der Waals surface area contributed by atoms with E-state index in [2.05, 4.69) is 5.32 Å². The lowest BCUT2D eigenvalue weighted by Crippen LogP contribution is -2.34. The lowest BCUT2D eigenvalue weighted by Gasteiger charge is -2.17. The van der Waals surface area contributed by atoms with Crippen LogP contribution in [0.25, 0.3) is 0 Å². The third-order valence-electron chi connectivity index (χ3n) is 2.89. The standard InChI is InChI=1S/C12H16N2O2/c13-6-5-11(16)14-12-9-4-2-1-3-8(9)7-10(12)15/h1-4,10,12,15H,5-7,13H2,(H,14,16)/t10-,12+/m0/s1. The predicted molar refractivity (Wildman–Crippen MR) is 60.7 cm³/mol. The van der Waals surface area contributed by atoms with E-state index in [4.69, 9.17) is 5.73 Å². The van der Waals surface area contributed by atoms with E-state index in [-0.39, 0.29) is 11.9 Å². The van der Waals surface area contributed by atoms with E-state index in [9.17, 15) is 9.90 Å². The molecule has 1 aliphatic rings. The number of amides is 1. The summed E-state index contributed by atoms with van der Waals surface area (Å²) >= 11 is 0. The van der Waals surface area contributed by atoms with Crippen molar-refractivity contribution in [1.29, 1.82) is 0 Å². The SMILES string of the molecule is NCCC(=O)N[C@@H]1c2ccccc2C[C@@H]1O. The van der Waals surface area contributed by atoms with Crippen LogP contribution in [0.15, 0.2) is 24.3 Å². The molecule has 16 heavy (non-hydrogen) atoms. The summed E-state index contributed by atoms with van der Waals surface area (Å²) in [5, 5.41) is 12.7. The maximum atomic E-state index is 11.5. The zero-order valence-corrected chi connectivity index (χ0v) is 9.02. The zero-order valence-electron chi connectivity index (χ0n) is 9.02. The first-order valence-corrected chi connectivity index (χ1v) is 5.47. The first-order valence-electron chi connectivity index (χ1n) is 5.47. The Balaban J connectivity index is 2.13. The molecule has 0 bridgehead atoms. The van der Waals surface area contributed by atoms with Crippen molar-refractivity contribution in [3.63, 3.8) is 0 Å². The van der Waals surface area contributed by atoms with E-state index >= 15 is 0 Å². The van der Waals surface area contributed by atoms with Crippen molar-refractivity contribution in [2.45, 2.75) is 25.0 Å². The zero-order chi connectivity index (χ0) is 11.5. The molecule has 0 aliphatic heterocycles. The van der Waals surface area contributed by atoms with Crippen LogP contribution < -0.4 is 11.1 Å². The third-order valence-corrected chi connectivity index (χ3v) is 2.89. The van der Waals surface area contributed by atoms with Crippen LogP contribution in [0.5, 0.6) is 0 Å². The largest absolute Gasteiger partial charge is 0.390 e. The molecule has 1 aromatic rings. The van der Waals surface area contributed by atoms with Gasteiger partial charge in [-0.25, -0.2) is 0 Å². The van der Waals surface area contributed by atoms with Gasteiger partial charge in [-0.05, 0) is 11.1 Å². The second-order valence-electron chi connectivity index (χ2n) is 4.05. The molecule has 0 spiro atoms. The fourth-order valence-corrected chi connectivity index (χ4v) is 2.12. The number of hydrogen-bond acceptors (Lipinski definition) is 3. The summed E-state index contributed by atoms with van der Waals surface area (Å²) in [6.45, 7) is 0.330. The molecule has 0 saturated heterocycles. The van der Waals surface area contributed by atoms with Crippen LogP contribution >= 0.6 is 0 Å². The number of nitrogens with two attached hydrogens (primary N) is 1. The van der Waals surface area contributed by atoms with Crippen LogP contribution in [0.3, 0.4) is 0 Å². The van der Waals surface area contributed by atoms with E-state index in [0.717, 1.165) is 11.1 Å². The fourth-order valence-electron chi connectivity index (χ4n) is 2.12. The maximum Gasteiger partial charge on any atom is 0.221 e. The van der Waals surface area contributed by atoms with Crippen molar-refractivity contribution in [2.75, 3.05) is 6.54 Å². The quantitative estimate of drug-likeness (QED) is 0.676. The molecule has 4 N–H and O–H groups in total. The molecule has 0 aromatic heterocycles. The number of aliphatic hydroxyl groups is 1. The molecule has 1 aromatic carbocycles.